The number of anilines is 1. The van der Waals surface area contributed by atoms with Crippen LogP contribution in [0.25, 0.3) is 0 Å². The first-order chi connectivity index (χ1) is 13.9. The number of imide groups is 1. The lowest BCUT2D eigenvalue weighted by atomic mass is 9.76. The summed E-state index contributed by atoms with van der Waals surface area (Å²) >= 11 is 0. The number of nitrogens with zero attached hydrogens (tertiary/aromatic N) is 1. The first kappa shape index (κ1) is 20.0. The number of benzene rings is 1. The highest BCUT2D eigenvalue weighted by Crippen LogP contribution is 2.54. The number of para-hydroxylation sites is 1. The summed E-state index contributed by atoms with van der Waals surface area (Å²) < 4.78 is 5.10. The normalized spacial score (nSPS) is 30.4. The highest BCUT2D eigenvalue weighted by molar-refractivity contribution is 6.15. The van der Waals surface area contributed by atoms with E-state index in [2.05, 4.69) is 24.5 Å². The molecule has 2 fully saturated rings. The van der Waals surface area contributed by atoms with Gasteiger partial charge >= 0.3 is 0 Å². The molecule has 2 N–H and O–H groups in total. The van der Waals surface area contributed by atoms with Gasteiger partial charge in [-0.2, -0.15) is 0 Å². The molecule has 156 valence electrons. The van der Waals surface area contributed by atoms with Gasteiger partial charge in [0.05, 0.1) is 25.0 Å². The summed E-state index contributed by atoms with van der Waals surface area (Å²) in [7, 11) is 1.55. The number of carbonyl (C=O) groups excluding carboxylic acids is 3. The average Bonchev–Trinajstić information content (AvgIpc) is 3.25. The van der Waals surface area contributed by atoms with Crippen molar-refractivity contribution in [1.82, 2.24) is 10.2 Å². The third-order valence-corrected chi connectivity index (χ3v) is 6.55. The van der Waals surface area contributed by atoms with Crippen molar-refractivity contribution in [3.8, 4) is 0 Å². The van der Waals surface area contributed by atoms with Crippen LogP contribution in [0, 0.1) is 17.8 Å². The fourth-order valence-electron chi connectivity index (χ4n) is 5.36. The van der Waals surface area contributed by atoms with Gasteiger partial charge < -0.3 is 10.1 Å². The number of ether oxygens (including phenoxy) is 1. The Morgan fingerprint density at radius 1 is 1.21 bits per heavy atom. The molecule has 7 nitrogen and oxygen atoms in total. The van der Waals surface area contributed by atoms with Gasteiger partial charge in [0, 0.05) is 24.4 Å². The number of aryl methyl sites for hydroxylation is 1. The summed E-state index contributed by atoms with van der Waals surface area (Å²) in [5.41, 5.74) is 1.41. The number of methoxy groups -OCH3 is 1. The van der Waals surface area contributed by atoms with E-state index in [-0.39, 0.29) is 36.9 Å². The highest BCUT2D eigenvalue weighted by Gasteiger charge is 2.70. The quantitative estimate of drug-likeness (QED) is 0.711. The van der Waals surface area contributed by atoms with Crippen LogP contribution in [0.1, 0.15) is 38.3 Å². The van der Waals surface area contributed by atoms with E-state index in [1.807, 2.05) is 25.1 Å². The largest absolute Gasteiger partial charge is 0.383 e. The van der Waals surface area contributed by atoms with Crippen LogP contribution < -0.4 is 10.6 Å². The summed E-state index contributed by atoms with van der Waals surface area (Å²) in [5, 5.41) is 6.50. The summed E-state index contributed by atoms with van der Waals surface area (Å²) in [6.45, 7) is 6.72. The molecule has 1 spiro atoms. The number of fused-ring (bicyclic) bond motifs is 4. The number of rotatable bonds is 6. The Morgan fingerprint density at radius 2 is 1.97 bits per heavy atom. The van der Waals surface area contributed by atoms with Crippen molar-refractivity contribution in [1.29, 1.82) is 0 Å². The maximum Gasteiger partial charge on any atom is 0.250 e. The van der Waals surface area contributed by atoms with Gasteiger partial charge in [0.15, 0.2) is 0 Å². The van der Waals surface area contributed by atoms with Crippen molar-refractivity contribution >= 4 is 23.4 Å². The number of amides is 3. The molecule has 4 rings (SSSR count). The number of hydrogen-bond donors (Lipinski definition) is 2. The SMILES string of the molecule is CCc1cccc2c1NC(=O)[C@]21N[C@@H](CC(C)C)[C@H]2C(=O)N(CCOC)C(=O)[C@H]21. The van der Waals surface area contributed by atoms with E-state index < -0.39 is 17.4 Å². The van der Waals surface area contributed by atoms with E-state index in [4.69, 9.17) is 4.74 Å². The third-order valence-electron chi connectivity index (χ3n) is 6.55. The number of nitrogens with one attached hydrogen (secondary N) is 2. The molecule has 0 aromatic heterocycles. The highest BCUT2D eigenvalue weighted by atomic mass is 16.5. The maximum atomic E-state index is 13.4. The smallest absolute Gasteiger partial charge is 0.250 e. The molecule has 3 aliphatic heterocycles. The summed E-state index contributed by atoms with van der Waals surface area (Å²) in [6.07, 6.45) is 1.49. The molecule has 0 aliphatic carbocycles. The van der Waals surface area contributed by atoms with E-state index in [1.165, 1.54) is 4.90 Å². The topological polar surface area (TPSA) is 87.7 Å². The zero-order chi connectivity index (χ0) is 20.9. The molecular formula is C22H29N3O4. The molecule has 29 heavy (non-hydrogen) atoms. The molecule has 3 aliphatic rings. The van der Waals surface area contributed by atoms with Crippen LogP contribution in [-0.4, -0.2) is 48.9 Å². The van der Waals surface area contributed by atoms with Crippen LogP contribution in [0.4, 0.5) is 5.69 Å². The molecule has 7 heteroatoms. The minimum Gasteiger partial charge on any atom is -0.383 e. The molecule has 0 unspecified atom stereocenters. The molecule has 3 amide bonds. The summed E-state index contributed by atoms with van der Waals surface area (Å²) in [6, 6.07) is 5.59. The van der Waals surface area contributed by atoms with E-state index in [0.29, 0.717) is 5.92 Å². The van der Waals surface area contributed by atoms with Crippen molar-refractivity contribution in [2.24, 2.45) is 17.8 Å². The fraction of sp³-hybridized carbons (Fsp3) is 0.591. The second-order valence-electron chi connectivity index (χ2n) is 8.66. The van der Waals surface area contributed by atoms with Crippen LogP contribution in [0.2, 0.25) is 0 Å². The fourth-order valence-corrected chi connectivity index (χ4v) is 5.36. The van der Waals surface area contributed by atoms with E-state index in [1.54, 1.807) is 7.11 Å². The van der Waals surface area contributed by atoms with Crippen molar-refractivity contribution < 1.29 is 19.1 Å². The zero-order valence-electron chi connectivity index (χ0n) is 17.5. The molecular weight excluding hydrogens is 370 g/mol. The minimum absolute atomic E-state index is 0.194. The minimum atomic E-state index is -1.20. The van der Waals surface area contributed by atoms with Crippen molar-refractivity contribution in [2.75, 3.05) is 25.6 Å². The van der Waals surface area contributed by atoms with Gasteiger partial charge in [-0.3, -0.25) is 24.6 Å². The van der Waals surface area contributed by atoms with Gasteiger partial charge in [-0.15, -0.1) is 0 Å². The van der Waals surface area contributed by atoms with Crippen LogP contribution in [0.3, 0.4) is 0 Å². The van der Waals surface area contributed by atoms with Crippen LogP contribution >= 0.6 is 0 Å². The second kappa shape index (κ2) is 7.22. The lowest BCUT2D eigenvalue weighted by Gasteiger charge is -2.30. The van der Waals surface area contributed by atoms with Crippen molar-refractivity contribution in [3.05, 3.63) is 29.3 Å². The van der Waals surface area contributed by atoms with Gasteiger partial charge in [-0.1, -0.05) is 39.0 Å². The Labute approximate surface area is 171 Å². The predicted octanol–water partition coefficient (Wildman–Crippen LogP) is 1.66. The van der Waals surface area contributed by atoms with Gasteiger partial charge in [0.25, 0.3) is 0 Å². The van der Waals surface area contributed by atoms with Crippen LogP contribution in [0.5, 0.6) is 0 Å². The third kappa shape index (κ3) is 2.74. The molecule has 3 heterocycles. The lowest BCUT2D eigenvalue weighted by molar-refractivity contribution is -0.143. The summed E-state index contributed by atoms with van der Waals surface area (Å²) in [4.78, 5) is 41.4. The monoisotopic (exact) mass is 399 g/mol. The Hall–Kier alpha value is -2.25. The summed E-state index contributed by atoms with van der Waals surface area (Å²) in [5.74, 6) is -1.65. The molecule has 2 saturated heterocycles. The Balaban J connectivity index is 1.84. The molecule has 1 aromatic rings. The second-order valence-corrected chi connectivity index (χ2v) is 8.66. The van der Waals surface area contributed by atoms with E-state index in [0.717, 1.165) is 29.7 Å². The Morgan fingerprint density at radius 3 is 2.62 bits per heavy atom. The van der Waals surface area contributed by atoms with Crippen molar-refractivity contribution in [2.45, 2.75) is 45.2 Å². The van der Waals surface area contributed by atoms with Crippen molar-refractivity contribution in [3.63, 3.8) is 0 Å². The standard InChI is InChI=1S/C22H29N3O4/c1-5-13-7-6-8-14-18(13)23-21(28)22(14)17-16(15(24-22)11-12(2)3)19(26)25(20(17)27)9-10-29-4/h6-8,12,15-17,24H,5,9-11H2,1-4H3,(H,23,28)/t15-,16+,17-,22-/m0/s1. The molecule has 4 atom stereocenters. The molecule has 0 saturated carbocycles. The molecule has 0 radical (unpaired) electrons. The van der Waals surface area contributed by atoms with Gasteiger partial charge in [0.2, 0.25) is 17.7 Å². The van der Waals surface area contributed by atoms with Gasteiger partial charge in [-0.05, 0) is 24.3 Å². The van der Waals surface area contributed by atoms with Gasteiger partial charge in [-0.25, -0.2) is 0 Å². The maximum absolute atomic E-state index is 13.4. The van der Waals surface area contributed by atoms with Gasteiger partial charge in [0.1, 0.15) is 5.54 Å². The van der Waals surface area contributed by atoms with Crippen LogP contribution in [0.15, 0.2) is 18.2 Å². The molecule has 1 aromatic carbocycles. The predicted molar refractivity (Wildman–Crippen MR) is 108 cm³/mol. The number of carbonyl (C=O) groups is 3. The Bertz CT molecular complexity index is 868. The van der Waals surface area contributed by atoms with Crippen LogP contribution in [-0.2, 0) is 31.1 Å². The van der Waals surface area contributed by atoms with E-state index >= 15 is 0 Å². The number of likely N-dealkylation sites (tertiary alicyclic amines) is 1. The molecule has 0 bridgehead atoms. The van der Waals surface area contributed by atoms with E-state index in [9.17, 15) is 14.4 Å². The average molecular weight is 399 g/mol. The number of hydrogen-bond acceptors (Lipinski definition) is 5. The lowest BCUT2D eigenvalue weighted by Crippen LogP contribution is -2.53. The Kier molecular flexibility index (Phi) is 4.99. The zero-order valence-corrected chi connectivity index (χ0v) is 17.5. The first-order valence-electron chi connectivity index (χ1n) is 10.4. The first-order valence-corrected chi connectivity index (χ1v) is 10.4.